The number of anilines is 1. The Bertz CT molecular complexity index is 1040. The molecule has 0 bridgehead atoms. The number of nitrogens with zero attached hydrogens (tertiary/aromatic N) is 1. The van der Waals surface area contributed by atoms with E-state index >= 15 is 0 Å². The predicted molar refractivity (Wildman–Crippen MR) is 112 cm³/mol. The molecule has 1 saturated heterocycles. The Morgan fingerprint density at radius 1 is 1.10 bits per heavy atom. The molecule has 148 valence electrons. The summed E-state index contributed by atoms with van der Waals surface area (Å²) in [6, 6.07) is 17.3. The molecule has 2 aromatic carbocycles. The number of hydrogen-bond donors (Lipinski definition) is 2. The van der Waals surface area contributed by atoms with E-state index in [1.165, 1.54) is 6.92 Å². The van der Waals surface area contributed by atoms with Crippen molar-refractivity contribution >= 4 is 28.3 Å². The maximum atomic E-state index is 12.8. The lowest BCUT2D eigenvalue weighted by Gasteiger charge is -2.30. The van der Waals surface area contributed by atoms with Crippen LogP contribution in [0.25, 0.3) is 10.8 Å². The van der Waals surface area contributed by atoms with Crippen molar-refractivity contribution in [2.75, 3.05) is 11.9 Å². The van der Waals surface area contributed by atoms with Gasteiger partial charge in [-0.25, -0.2) is 0 Å². The lowest BCUT2D eigenvalue weighted by molar-refractivity contribution is -0.120. The Hall–Kier alpha value is -3.25. The van der Waals surface area contributed by atoms with Gasteiger partial charge < -0.3 is 15.4 Å². The smallest absolute Gasteiger partial charge is 0.274 e. The van der Waals surface area contributed by atoms with Gasteiger partial charge in [0.2, 0.25) is 5.91 Å². The maximum absolute atomic E-state index is 12.8. The zero-order valence-corrected chi connectivity index (χ0v) is 16.2. The van der Waals surface area contributed by atoms with E-state index in [0.717, 1.165) is 22.8 Å². The molecular formula is C23H23N3O3. The van der Waals surface area contributed by atoms with Crippen LogP contribution in [0.2, 0.25) is 0 Å². The van der Waals surface area contributed by atoms with Gasteiger partial charge in [-0.2, -0.15) is 0 Å². The first-order chi connectivity index (χ1) is 14.1. The third kappa shape index (κ3) is 4.43. The van der Waals surface area contributed by atoms with E-state index < -0.39 is 0 Å². The third-order valence-electron chi connectivity index (χ3n) is 5.10. The van der Waals surface area contributed by atoms with Gasteiger partial charge in [0.15, 0.2) is 0 Å². The Balaban J connectivity index is 1.51. The number of aromatic nitrogens is 1. The van der Waals surface area contributed by atoms with Crippen LogP contribution in [0.15, 0.2) is 60.8 Å². The Morgan fingerprint density at radius 2 is 1.97 bits per heavy atom. The quantitative estimate of drug-likeness (QED) is 0.710. The summed E-state index contributed by atoms with van der Waals surface area (Å²) in [5, 5.41) is 7.71. The van der Waals surface area contributed by atoms with Gasteiger partial charge in [0, 0.05) is 36.8 Å². The lowest BCUT2D eigenvalue weighted by Crippen LogP contribution is -2.38. The van der Waals surface area contributed by atoms with Gasteiger partial charge in [-0.1, -0.05) is 36.4 Å². The van der Waals surface area contributed by atoms with Crippen molar-refractivity contribution in [2.24, 2.45) is 0 Å². The van der Waals surface area contributed by atoms with E-state index in [1.807, 2.05) is 54.6 Å². The van der Waals surface area contributed by atoms with Crippen LogP contribution in [0.3, 0.4) is 0 Å². The molecule has 6 heteroatoms. The van der Waals surface area contributed by atoms with Crippen molar-refractivity contribution in [2.45, 2.75) is 31.9 Å². The number of ether oxygens (including phenoxy) is 1. The summed E-state index contributed by atoms with van der Waals surface area (Å²) in [5.74, 6) is -0.279. The number of pyridine rings is 1. The first kappa shape index (κ1) is 19.1. The number of amides is 2. The largest absolute Gasteiger partial charge is 0.373 e. The third-order valence-corrected chi connectivity index (χ3v) is 5.10. The number of rotatable bonds is 4. The second-order valence-corrected chi connectivity index (χ2v) is 7.24. The standard InChI is InChI=1S/C23H23N3O3/c1-15(27)25-19-10-12-29-21(14-19)17-6-4-7-18(13-17)26-23(28)22-20-8-3-2-5-16(20)9-11-24-22/h2-9,11,13,19,21H,10,12,14H2,1H3,(H,25,27)(H,26,28)/t19-,21+/m0/s1. The Labute approximate surface area is 169 Å². The first-order valence-electron chi connectivity index (χ1n) is 9.74. The number of carbonyl (C=O) groups is 2. The van der Waals surface area contributed by atoms with Crippen molar-refractivity contribution in [3.8, 4) is 0 Å². The number of fused-ring (bicyclic) bond motifs is 1. The highest BCUT2D eigenvalue weighted by Crippen LogP contribution is 2.30. The van der Waals surface area contributed by atoms with E-state index in [-0.39, 0.29) is 24.0 Å². The van der Waals surface area contributed by atoms with Crippen LogP contribution in [0.5, 0.6) is 0 Å². The van der Waals surface area contributed by atoms with Crippen LogP contribution in [-0.2, 0) is 9.53 Å². The topological polar surface area (TPSA) is 80.3 Å². The molecule has 2 heterocycles. The van der Waals surface area contributed by atoms with Gasteiger partial charge in [0.1, 0.15) is 5.69 Å². The predicted octanol–water partition coefficient (Wildman–Crippen LogP) is 3.84. The highest BCUT2D eigenvalue weighted by molar-refractivity contribution is 6.11. The fourth-order valence-electron chi connectivity index (χ4n) is 3.76. The zero-order valence-electron chi connectivity index (χ0n) is 16.2. The van der Waals surface area contributed by atoms with E-state index in [1.54, 1.807) is 6.20 Å². The van der Waals surface area contributed by atoms with E-state index in [0.29, 0.717) is 24.4 Å². The molecule has 0 radical (unpaired) electrons. The fourth-order valence-corrected chi connectivity index (χ4v) is 3.76. The molecule has 2 N–H and O–H groups in total. The van der Waals surface area contributed by atoms with Crippen LogP contribution in [0, 0.1) is 0 Å². The molecular weight excluding hydrogens is 366 g/mol. The molecule has 2 amide bonds. The van der Waals surface area contributed by atoms with E-state index in [4.69, 9.17) is 4.74 Å². The molecule has 6 nitrogen and oxygen atoms in total. The molecule has 29 heavy (non-hydrogen) atoms. The molecule has 1 aliphatic heterocycles. The molecule has 0 unspecified atom stereocenters. The highest BCUT2D eigenvalue weighted by Gasteiger charge is 2.24. The van der Waals surface area contributed by atoms with Crippen molar-refractivity contribution in [3.05, 3.63) is 72.1 Å². The summed E-state index contributed by atoms with van der Waals surface area (Å²) in [7, 11) is 0. The van der Waals surface area contributed by atoms with Crippen molar-refractivity contribution in [1.29, 1.82) is 0 Å². The summed E-state index contributed by atoms with van der Waals surface area (Å²) >= 11 is 0. The summed E-state index contributed by atoms with van der Waals surface area (Å²) in [6.45, 7) is 2.12. The van der Waals surface area contributed by atoms with Crippen LogP contribution >= 0.6 is 0 Å². The molecule has 0 aliphatic carbocycles. The first-order valence-corrected chi connectivity index (χ1v) is 9.74. The number of carbonyl (C=O) groups excluding carboxylic acids is 2. The van der Waals surface area contributed by atoms with E-state index in [2.05, 4.69) is 15.6 Å². The van der Waals surface area contributed by atoms with Crippen molar-refractivity contribution < 1.29 is 14.3 Å². The average Bonchev–Trinajstić information content (AvgIpc) is 2.73. The van der Waals surface area contributed by atoms with Crippen molar-refractivity contribution in [1.82, 2.24) is 10.3 Å². The average molecular weight is 389 g/mol. The molecule has 1 fully saturated rings. The molecule has 1 aromatic heterocycles. The highest BCUT2D eigenvalue weighted by atomic mass is 16.5. The van der Waals surface area contributed by atoms with Crippen LogP contribution < -0.4 is 10.6 Å². The summed E-state index contributed by atoms with van der Waals surface area (Å²) in [5.41, 5.74) is 2.06. The minimum atomic E-state index is -0.250. The Morgan fingerprint density at radius 3 is 2.83 bits per heavy atom. The second kappa shape index (κ2) is 8.41. The molecule has 3 aromatic rings. The van der Waals surface area contributed by atoms with E-state index in [9.17, 15) is 9.59 Å². The normalized spacial score (nSPS) is 18.9. The second-order valence-electron chi connectivity index (χ2n) is 7.24. The van der Waals surface area contributed by atoms with Crippen LogP contribution in [-0.4, -0.2) is 29.4 Å². The molecule has 0 saturated carbocycles. The fraction of sp³-hybridized carbons (Fsp3) is 0.261. The zero-order chi connectivity index (χ0) is 20.2. The van der Waals surface area contributed by atoms with Crippen LogP contribution in [0.1, 0.15) is 41.9 Å². The van der Waals surface area contributed by atoms with Gasteiger partial charge in [-0.3, -0.25) is 14.6 Å². The monoisotopic (exact) mass is 389 g/mol. The minimum absolute atomic E-state index is 0.0285. The SMILES string of the molecule is CC(=O)N[C@H]1CCO[C@@H](c2cccc(NC(=O)c3nccc4ccccc34)c2)C1. The number of nitrogens with one attached hydrogen (secondary N) is 2. The van der Waals surface area contributed by atoms with Gasteiger partial charge in [0.05, 0.1) is 6.10 Å². The van der Waals surface area contributed by atoms with Gasteiger partial charge >= 0.3 is 0 Å². The van der Waals surface area contributed by atoms with Gasteiger partial charge in [0.25, 0.3) is 5.91 Å². The molecule has 4 rings (SSSR count). The van der Waals surface area contributed by atoms with Gasteiger partial charge in [-0.15, -0.1) is 0 Å². The van der Waals surface area contributed by atoms with Crippen LogP contribution in [0.4, 0.5) is 5.69 Å². The molecule has 2 atom stereocenters. The Kier molecular flexibility index (Phi) is 5.53. The molecule has 0 spiro atoms. The summed E-state index contributed by atoms with van der Waals surface area (Å²) in [6.07, 6.45) is 3.04. The number of benzene rings is 2. The summed E-state index contributed by atoms with van der Waals surface area (Å²) in [4.78, 5) is 28.5. The van der Waals surface area contributed by atoms with Crippen molar-refractivity contribution in [3.63, 3.8) is 0 Å². The minimum Gasteiger partial charge on any atom is -0.373 e. The molecule has 1 aliphatic rings. The van der Waals surface area contributed by atoms with Gasteiger partial charge in [-0.05, 0) is 42.0 Å². The summed E-state index contributed by atoms with van der Waals surface area (Å²) < 4.78 is 5.90. The number of hydrogen-bond acceptors (Lipinski definition) is 4. The lowest BCUT2D eigenvalue weighted by atomic mass is 9.97. The maximum Gasteiger partial charge on any atom is 0.274 e.